The van der Waals surface area contributed by atoms with Crippen LogP contribution in [-0.4, -0.2) is 10.8 Å². The van der Waals surface area contributed by atoms with Crippen molar-refractivity contribution in [3.05, 3.63) is 67.9 Å². The highest BCUT2D eigenvalue weighted by molar-refractivity contribution is 9.10. The number of carbonyl (C=O) groups is 1. The number of aryl methyl sites for hydroxylation is 1. The van der Waals surface area contributed by atoms with E-state index < -0.39 is 10.8 Å². The number of nitro benzene ring substituents is 1. The van der Waals surface area contributed by atoms with Crippen LogP contribution in [0.1, 0.15) is 15.9 Å². The molecule has 5 nitrogen and oxygen atoms in total. The number of benzene rings is 2. The van der Waals surface area contributed by atoms with Crippen LogP contribution in [0.25, 0.3) is 0 Å². The van der Waals surface area contributed by atoms with Gasteiger partial charge in [0.15, 0.2) is 0 Å². The molecule has 0 fully saturated rings. The van der Waals surface area contributed by atoms with Crippen LogP contribution in [0.15, 0.2) is 40.9 Å². The average molecular weight is 353 g/mol. The molecule has 2 aromatic carbocycles. The summed E-state index contributed by atoms with van der Waals surface area (Å²) in [6, 6.07) is 8.18. The molecule has 2 rings (SSSR count). The van der Waals surface area contributed by atoms with Crippen LogP contribution in [0.2, 0.25) is 0 Å². The fourth-order valence-electron chi connectivity index (χ4n) is 1.72. The van der Waals surface area contributed by atoms with Gasteiger partial charge in [0, 0.05) is 17.3 Å². The van der Waals surface area contributed by atoms with Gasteiger partial charge in [0.05, 0.1) is 9.40 Å². The van der Waals surface area contributed by atoms with Gasteiger partial charge < -0.3 is 5.32 Å². The molecule has 21 heavy (non-hydrogen) atoms. The third kappa shape index (κ3) is 3.43. The van der Waals surface area contributed by atoms with Gasteiger partial charge in [0.25, 0.3) is 11.6 Å². The summed E-state index contributed by atoms with van der Waals surface area (Å²) in [6.45, 7) is 1.56. The van der Waals surface area contributed by atoms with Crippen LogP contribution in [0.5, 0.6) is 0 Å². The van der Waals surface area contributed by atoms with Gasteiger partial charge in [-0.25, -0.2) is 4.39 Å². The second-order valence-corrected chi connectivity index (χ2v) is 5.20. The molecule has 2 aromatic rings. The van der Waals surface area contributed by atoms with E-state index in [1.807, 2.05) is 0 Å². The van der Waals surface area contributed by atoms with Crippen molar-refractivity contribution in [2.45, 2.75) is 6.92 Å². The van der Waals surface area contributed by atoms with Crippen molar-refractivity contribution in [2.75, 3.05) is 5.32 Å². The van der Waals surface area contributed by atoms with Crippen LogP contribution in [0.3, 0.4) is 0 Å². The highest BCUT2D eigenvalue weighted by Gasteiger charge is 2.13. The van der Waals surface area contributed by atoms with Gasteiger partial charge in [-0.15, -0.1) is 0 Å². The van der Waals surface area contributed by atoms with Crippen molar-refractivity contribution in [1.29, 1.82) is 0 Å². The van der Waals surface area contributed by atoms with Crippen molar-refractivity contribution in [3.63, 3.8) is 0 Å². The number of carbonyl (C=O) groups excluding carboxylic acids is 1. The van der Waals surface area contributed by atoms with Crippen LogP contribution in [0, 0.1) is 22.9 Å². The number of anilines is 1. The summed E-state index contributed by atoms with van der Waals surface area (Å²) in [5, 5.41) is 13.3. The van der Waals surface area contributed by atoms with Crippen LogP contribution < -0.4 is 5.32 Å². The Balaban J connectivity index is 2.21. The lowest BCUT2D eigenvalue weighted by atomic mass is 10.1. The number of hydrogen-bond acceptors (Lipinski definition) is 3. The van der Waals surface area contributed by atoms with Crippen molar-refractivity contribution < 1.29 is 14.1 Å². The first-order chi connectivity index (χ1) is 9.88. The van der Waals surface area contributed by atoms with E-state index in [0.29, 0.717) is 16.8 Å². The zero-order valence-electron chi connectivity index (χ0n) is 10.9. The predicted octanol–water partition coefficient (Wildman–Crippen LogP) is 4.06. The topological polar surface area (TPSA) is 72.2 Å². The van der Waals surface area contributed by atoms with E-state index in [2.05, 4.69) is 21.2 Å². The number of hydrogen-bond donors (Lipinski definition) is 1. The minimum absolute atomic E-state index is 0.0920. The Hall–Kier alpha value is -2.28. The Bertz CT molecular complexity index is 734. The van der Waals surface area contributed by atoms with E-state index in [9.17, 15) is 19.3 Å². The van der Waals surface area contributed by atoms with Gasteiger partial charge >= 0.3 is 0 Å². The normalized spacial score (nSPS) is 10.2. The van der Waals surface area contributed by atoms with Gasteiger partial charge in [-0.2, -0.15) is 0 Å². The first-order valence-corrected chi connectivity index (χ1v) is 6.69. The highest BCUT2D eigenvalue weighted by Crippen LogP contribution is 2.27. The van der Waals surface area contributed by atoms with E-state index in [4.69, 9.17) is 0 Å². The maximum absolute atomic E-state index is 13.2. The summed E-state index contributed by atoms with van der Waals surface area (Å²) >= 11 is 3.07. The Kier molecular flexibility index (Phi) is 4.32. The first-order valence-electron chi connectivity index (χ1n) is 5.90. The van der Waals surface area contributed by atoms with E-state index >= 15 is 0 Å². The van der Waals surface area contributed by atoms with Crippen LogP contribution in [0.4, 0.5) is 15.8 Å². The minimum Gasteiger partial charge on any atom is -0.322 e. The summed E-state index contributed by atoms with van der Waals surface area (Å²) in [7, 11) is 0. The zero-order chi connectivity index (χ0) is 15.6. The van der Waals surface area contributed by atoms with E-state index in [1.165, 1.54) is 36.4 Å². The summed E-state index contributed by atoms with van der Waals surface area (Å²) in [4.78, 5) is 22.2. The van der Waals surface area contributed by atoms with Gasteiger partial charge in [-0.1, -0.05) is 0 Å². The SMILES string of the molecule is Cc1cc(C(=O)Nc2ccc([N+](=O)[O-])c(Br)c2)ccc1F. The minimum atomic E-state index is -0.529. The van der Waals surface area contributed by atoms with Gasteiger partial charge in [0.2, 0.25) is 0 Å². The standard InChI is InChI=1S/C14H10BrFN2O3/c1-8-6-9(2-4-12(8)16)14(19)17-10-3-5-13(18(20)21)11(15)7-10/h2-7H,1H3,(H,17,19). The molecule has 0 aliphatic carbocycles. The Labute approximate surface area is 128 Å². The number of halogens is 2. The number of nitrogens with zero attached hydrogens (tertiary/aromatic N) is 1. The molecule has 0 aromatic heterocycles. The number of rotatable bonds is 3. The Morgan fingerprint density at radius 2 is 2.00 bits per heavy atom. The highest BCUT2D eigenvalue weighted by atomic mass is 79.9. The van der Waals surface area contributed by atoms with Gasteiger partial charge in [0.1, 0.15) is 5.82 Å². The summed E-state index contributed by atoms with van der Waals surface area (Å²) < 4.78 is 13.4. The average Bonchev–Trinajstić information content (AvgIpc) is 2.41. The van der Waals surface area contributed by atoms with Gasteiger partial charge in [-0.3, -0.25) is 14.9 Å². The van der Waals surface area contributed by atoms with Crippen molar-refractivity contribution >= 4 is 33.2 Å². The zero-order valence-corrected chi connectivity index (χ0v) is 12.5. The largest absolute Gasteiger partial charge is 0.322 e. The van der Waals surface area contributed by atoms with Gasteiger partial charge in [-0.05, 0) is 58.7 Å². The lowest BCUT2D eigenvalue weighted by Gasteiger charge is -2.07. The molecule has 0 atom stereocenters. The van der Waals surface area contributed by atoms with Crippen molar-refractivity contribution in [1.82, 2.24) is 0 Å². The number of nitro groups is 1. The van der Waals surface area contributed by atoms with E-state index in [-0.39, 0.29) is 16.0 Å². The fraction of sp³-hybridized carbons (Fsp3) is 0.0714. The molecule has 0 bridgehead atoms. The van der Waals surface area contributed by atoms with E-state index in [0.717, 1.165) is 0 Å². The predicted molar refractivity (Wildman–Crippen MR) is 79.9 cm³/mol. The third-order valence-electron chi connectivity index (χ3n) is 2.82. The molecule has 7 heteroatoms. The second-order valence-electron chi connectivity index (χ2n) is 4.34. The molecule has 0 aliphatic rings. The smallest absolute Gasteiger partial charge is 0.283 e. The Morgan fingerprint density at radius 1 is 1.29 bits per heavy atom. The van der Waals surface area contributed by atoms with Crippen molar-refractivity contribution in [3.8, 4) is 0 Å². The molecule has 0 saturated heterocycles. The molecule has 108 valence electrons. The monoisotopic (exact) mass is 352 g/mol. The van der Waals surface area contributed by atoms with Crippen molar-refractivity contribution in [2.24, 2.45) is 0 Å². The molecule has 1 N–H and O–H groups in total. The first kappa shape index (κ1) is 15.1. The molecule has 0 heterocycles. The molecule has 0 spiro atoms. The second kappa shape index (κ2) is 6.01. The van der Waals surface area contributed by atoms with E-state index in [1.54, 1.807) is 6.92 Å². The molecular formula is C14H10BrFN2O3. The Morgan fingerprint density at radius 3 is 2.57 bits per heavy atom. The maximum atomic E-state index is 13.2. The lowest BCUT2D eigenvalue weighted by Crippen LogP contribution is -2.12. The maximum Gasteiger partial charge on any atom is 0.283 e. The number of amides is 1. The molecule has 0 unspecified atom stereocenters. The molecular weight excluding hydrogens is 343 g/mol. The quantitative estimate of drug-likeness (QED) is 0.668. The molecule has 1 amide bonds. The fourth-order valence-corrected chi connectivity index (χ4v) is 2.25. The summed E-state index contributed by atoms with van der Waals surface area (Å²) in [6.07, 6.45) is 0. The van der Waals surface area contributed by atoms with Crippen LogP contribution in [-0.2, 0) is 0 Å². The number of nitrogens with one attached hydrogen (secondary N) is 1. The lowest BCUT2D eigenvalue weighted by molar-refractivity contribution is -0.385. The van der Waals surface area contributed by atoms with Crippen LogP contribution >= 0.6 is 15.9 Å². The third-order valence-corrected chi connectivity index (χ3v) is 3.46. The summed E-state index contributed by atoms with van der Waals surface area (Å²) in [5.74, 6) is -0.802. The molecule has 0 saturated carbocycles. The summed E-state index contributed by atoms with van der Waals surface area (Å²) in [5.41, 5.74) is 0.987. The molecule has 0 radical (unpaired) electrons. The molecule has 0 aliphatic heterocycles.